The first-order valence-electron chi connectivity index (χ1n) is 8.93. The molecule has 2 aromatic carbocycles. The fourth-order valence-electron chi connectivity index (χ4n) is 3.27. The molecule has 1 aliphatic rings. The summed E-state index contributed by atoms with van der Waals surface area (Å²) in [5, 5.41) is 2.83. The van der Waals surface area contributed by atoms with E-state index in [1.165, 1.54) is 11.6 Å². The molecule has 0 bridgehead atoms. The van der Waals surface area contributed by atoms with Gasteiger partial charge in [-0.15, -0.1) is 0 Å². The third-order valence-electron chi connectivity index (χ3n) is 4.67. The Balaban J connectivity index is 1.56. The van der Waals surface area contributed by atoms with Crippen LogP contribution >= 0.6 is 0 Å². The molecule has 0 unspecified atom stereocenters. The van der Waals surface area contributed by atoms with E-state index in [4.69, 9.17) is 0 Å². The summed E-state index contributed by atoms with van der Waals surface area (Å²) in [6.45, 7) is 2.90. The van der Waals surface area contributed by atoms with Gasteiger partial charge in [0, 0.05) is 30.5 Å². The molecule has 142 valence electrons. The van der Waals surface area contributed by atoms with Crippen LogP contribution in [0.25, 0.3) is 0 Å². The maximum absolute atomic E-state index is 13.4. The van der Waals surface area contributed by atoms with E-state index in [-0.39, 0.29) is 17.5 Å². The van der Waals surface area contributed by atoms with Gasteiger partial charge in [0.1, 0.15) is 5.69 Å². The number of aryl methyl sites for hydroxylation is 1. The van der Waals surface area contributed by atoms with Crippen LogP contribution in [0.15, 0.2) is 48.5 Å². The summed E-state index contributed by atoms with van der Waals surface area (Å²) in [5.41, 5.74) is 3.55. The molecular weight excluding hydrogens is 362 g/mol. The van der Waals surface area contributed by atoms with Crippen LogP contribution in [0.4, 0.5) is 20.4 Å². The van der Waals surface area contributed by atoms with Crippen LogP contribution in [0.5, 0.6) is 0 Å². The minimum absolute atomic E-state index is 0.159. The van der Waals surface area contributed by atoms with Gasteiger partial charge in [-0.2, -0.15) is 0 Å². The number of fused-ring (bicyclic) bond motifs is 1. The van der Waals surface area contributed by atoms with Gasteiger partial charge in [-0.25, -0.2) is 18.7 Å². The second-order valence-electron chi connectivity index (χ2n) is 6.72. The first-order valence-corrected chi connectivity index (χ1v) is 8.93. The average molecular weight is 380 g/mol. The number of nitrogens with zero attached hydrogens (tertiary/aromatic N) is 3. The lowest BCUT2D eigenvalue weighted by molar-refractivity contribution is 0.0728. The van der Waals surface area contributed by atoms with E-state index < -0.39 is 11.6 Å². The number of halogens is 2. The van der Waals surface area contributed by atoms with Crippen molar-refractivity contribution in [1.29, 1.82) is 0 Å². The van der Waals surface area contributed by atoms with Gasteiger partial charge in [0.15, 0.2) is 11.6 Å². The second-order valence-corrected chi connectivity index (χ2v) is 6.72. The van der Waals surface area contributed by atoms with Crippen molar-refractivity contribution < 1.29 is 13.6 Å². The minimum Gasteiger partial charge on any atom is -0.333 e. The average Bonchev–Trinajstić information content (AvgIpc) is 2.69. The third kappa shape index (κ3) is 3.69. The van der Waals surface area contributed by atoms with Crippen LogP contribution in [0.1, 0.15) is 27.3 Å². The smallest absolute Gasteiger partial charge is 0.272 e. The molecule has 0 saturated carbocycles. The number of benzene rings is 2. The first kappa shape index (κ1) is 18.0. The minimum atomic E-state index is -0.971. The zero-order valence-corrected chi connectivity index (χ0v) is 15.2. The highest BCUT2D eigenvalue weighted by molar-refractivity contribution is 5.93. The van der Waals surface area contributed by atoms with Crippen LogP contribution in [0.2, 0.25) is 0 Å². The molecule has 1 N–H and O–H groups in total. The van der Waals surface area contributed by atoms with E-state index in [1.54, 1.807) is 17.9 Å². The van der Waals surface area contributed by atoms with E-state index in [9.17, 15) is 13.6 Å². The van der Waals surface area contributed by atoms with Gasteiger partial charge in [0.25, 0.3) is 5.91 Å². The number of carbonyl (C=O) groups excluding carboxylic acids is 1. The summed E-state index contributed by atoms with van der Waals surface area (Å²) in [6.07, 6.45) is 0.798. The molecule has 0 aliphatic carbocycles. The predicted molar refractivity (Wildman–Crippen MR) is 101 cm³/mol. The van der Waals surface area contributed by atoms with Crippen molar-refractivity contribution in [2.45, 2.75) is 19.9 Å². The van der Waals surface area contributed by atoms with Gasteiger partial charge >= 0.3 is 0 Å². The Bertz CT molecular complexity index is 1050. The second kappa shape index (κ2) is 7.34. The summed E-state index contributed by atoms with van der Waals surface area (Å²) >= 11 is 0. The number of hydrogen-bond donors (Lipinski definition) is 1. The van der Waals surface area contributed by atoms with Crippen molar-refractivity contribution in [3.8, 4) is 0 Å². The van der Waals surface area contributed by atoms with Gasteiger partial charge in [0.2, 0.25) is 5.95 Å². The maximum atomic E-state index is 13.4. The Hall–Kier alpha value is -3.35. The van der Waals surface area contributed by atoms with Gasteiger partial charge in [0.05, 0.1) is 0 Å². The van der Waals surface area contributed by atoms with E-state index in [0.717, 1.165) is 24.1 Å². The molecule has 0 fully saturated rings. The van der Waals surface area contributed by atoms with E-state index in [2.05, 4.69) is 21.4 Å². The van der Waals surface area contributed by atoms with Gasteiger partial charge in [-0.3, -0.25) is 4.79 Å². The van der Waals surface area contributed by atoms with Gasteiger partial charge in [-0.1, -0.05) is 24.3 Å². The molecule has 0 spiro atoms. The monoisotopic (exact) mass is 380 g/mol. The molecule has 0 radical (unpaired) electrons. The van der Waals surface area contributed by atoms with E-state index in [1.807, 2.05) is 18.2 Å². The number of aromatic nitrogens is 2. The largest absolute Gasteiger partial charge is 0.333 e. The van der Waals surface area contributed by atoms with E-state index >= 15 is 0 Å². The van der Waals surface area contributed by atoms with Gasteiger partial charge in [-0.05, 0) is 42.7 Å². The Kier molecular flexibility index (Phi) is 4.73. The topological polar surface area (TPSA) is 58.1 Å². The summed E-state index contributed by atoms with van der Waals surface area (Å²) in [4.78, 5) is 23.2. The maximum Gasteiger partial charge on any atom is 0.272 e. The Labute approximate surface area is 161 Å². The number of rotatable bonds is 3. The molecule has 0 atom stereocenters. The molecule has 1 amide bonds. The highest BCUT2D eigenvalue weighted by atomic mass is 19.2. The molecule has 5 nitrogen and oxygen atoms in total. The van der Waals surface area contributed by atoms with Crippen molar-refractivity contribution >= 4 is 17.5 Å². The number of anilines is 2. The summed E-state index contributed by atoms with van der Waals surface area (Å²) < 4.78 is 26.5. The van der Waals surface area contributed by atoms with E-state index in [0.29, 0.717) is 24.5 Å². The fraction of sp³-hybridized carbons (Fsp3) is 0.190. The molecule has 4 rings (SSSR count). The lowest BCUT2D eigenvalue weighted by atomic mass is 10.00. The molecule has 2 heterocycles. The molecule has 0 saturated heterocycles. The normalized spacial score (nSPS) is 13.2. The number of carbonyl (C=O) groups is 1. The zero-order valence-electron chi connectivity index (χ0n) is 15.2. The molecule has 1 aromatic heterocycles. The quantitative estimate of drug-likeness (QED) is 0.746. The SMILES string of the molecule is Cc1cc(C(=O)N2CCc3ccccc3C2)nc(Nc2ccc(F)c(F)c2)n1. The van der Waals surface area contributed by atoms with Crippen LogP contribution in [0.3, 0.4) is 0 Å². The van der Waals surface area contributed by atoms with Crippen molar-refractivity contribution in [3.63, 3.8) is 0 Å². The van der Waals surface area contributed by atoms with Gasteiger partial charge < -0.3 is 10.2 Å². The molecule has 3 aromatic rings. The Morgan fingerprint density at radius 1 is 1.04 bits per heavy atom. The Morgan fingerprint density at radius 3 is 2.61 bits per heavy atom. The number of amides is 1. The summed E-state index contributed by atoms with van der Waals surface area (Å²) in [5.74, 6) is -1.93. The molecule has 1 aliphatic heterocycles. The number of hydrogen-bond acceptors (Lipinski definition) is 4. The molecule has 7 heteroatoms. The van der Waals surface area contributed by atoms with Crippen LogP contribution in [0, 0.1) is 18.6 Å². The van der Waals surface area contributed by atoms with Crippen molar-refractivity contribution in [3.05, 3.63) is 82.7 Å². The highest BCUT2D eigenvalue weighted by Crippen LogP contribution is 2.21. The lowest BCUT2D eigenvalue weighted by Crippen LogP contribution is -2.36. The molecular formula is C21H18F2N4O. The highest BCUT2D eigenvalue weighted by Gasteiger charge is 2.23. The van der Waals surface area contributed by atoms with Crippen molar-refractivity contribution in [2.24, 2.45) is 0 Å². The third-order valence-corrected chi connectivity index (χ3v) is 4.67. The first-order chi connectivity index (χ1) is 13.5. The van der Waals surface area contributed by atoms with Crippen molar-refractivity contribution in [2.75, 3.05) is 11.9 Å². The van der Waals surface area contributed by atoms with Crippen LogP contribution in [-0.4, -0.2) is 27.3 Å². The fourth-order valence-corrected chi connectivity index (χ4v) is 3.27. The summed E-state index contributed by atoms with van der Waals surface area (Å²) in [7, 11) is 0. The zero-order chi connectivity index (χ0) is 19.7. The number of nitrogens with one attached hydrogen (secondary N) is 1. The molecule has 28 heavy (non-hydrogen) atoms. The Morgan fingerprint density at radius 2 is 1.82 bits per heavy atom. The lowest BCUT2D eigenvalue weighted by Gasteiger charge is -2.28. The predicted octanol–water partition coefficient (Wildman–Crippen LogP) is 4.01. The van der Waals surface area contributed by atoms with Crippen molar-refractivity contribution in [1.82, 2.24) is 14.9 Å². The van der Waals surface area contributed by atoms with Crippen LogP contribution < -0.4 is 5.32 Å². The standard InChI is InChI=1S/C21H18F2N4O/c1-13-10-19(20(28)27-9-8-14-4-2-3-5-15(14)12-27)26-21(24-13)25-16-6-7-17(22)18(23)11-16/h2-7,10-11H,8-9,12H2,1H3,(H,24,25,26). The van der Waals surface area contributed by atoms with Crippen LogP contribution in [-0.2, 0) is 13.0 Å². The summed E-state index contributed by atoms with van der Waals surface area (Å²) in [6, 6.07) is 13.1.